The highest BCUT2D eigenvalue weighted by Crippen LogP contribution is 2.24. The van der Waals surface area contributed by atoms with Crippen LogP contribution in [-0.2, 0) is 4.79 Å². The molecule has 0 saturated heterocycles. The maximum absolute atomic E-state index is 11.8. The maximum Gasteiger partial charge on any atom is 0.277 e. The summed E-state index contributed by atoms with van der Waals surface area (Å²) in [5, 5.41) is 12.9. The summed E-state index contributed by atoms with van der Waals surface area (Å²) in [6.07, 6.45) is 0. The Bertz CT molecular complexity index is 829. The normalized spacial score (nSPS) is 10.7. The number of amides is 1. The highest BCUT2D eigenvalue weighted by molar-refractivity contribution is 7.99. The van der Waals surface area contributed by atoms with E-state index >= 15 is 0 Å². The molecule has 3 rings (SSSR count). The number of carbonyl (C=O) groups is 1. The molecule has 0 atom stereocenters. The molecule has 0 aliphatic carbocycles. The number of aryl methyl sites for hydroxylation is 1. The number of benzene rings is 2. The van der Waals surface area contributed by atoms with Gasteiger partial charge in [0.1, 0.15) is 12.4 Å². The maximum atomic E-state index is 11.8. The lowest BCUT2D eigenvalue weighted by atomic mass is 10.1. The molecule has 1 aromatic heterocycles. The molecule has 124 valence electrons. The molecule has 0 aliphatic heterocycles. The Morgan fingerprint density at radius 1 is 1.21 bits per heavy atom. The first-order valence-corrected chi connectivity index (χ1v) is 8.51. The number of fused-ring (bicyclic) bond motifs is 1. The monoisotopic (exact) mass is 343 g/mol. The molecule has 7 heteroatoms. The molecule has 1 amide bonds. The van der Waals surface area contributed by atoms with Crippen LogP contribution >= 0.6 is 11.8 Å². The van der Waals surface area contributed by atoms with Gasteiger partial charge in [0.05, 0.1) is 12.3 Å². The van der Waals surface area contributed by atoms with Gasteiger partial charge in [0.2, 0.25) is 11.8 Å². The molecule has 0 spiro atoms. The van der Waals surface area contributed by atoms with Crippen molar-refractivity contribution in [3.05, 3.63) is 48.4 Å². The average Bonchev–Trinajstić information content (AvgIpc) is 3.02. The van der Waals surface area contributed by atoms with Crippen molar-refractivity contribution in [1.29, 1.82) is 0 Å². The summed E-state index contributed by atoms with van der Waals surface area (Å²) >= 11 is 1.21. The molecule has 24 heavy (non-hydrogen) atoms. The molecule has 0 unspecified atom stereocenters. The van der Waals surface area contributed by atoms with E-state index in [1.54, 1.807) is 6.92 Å². The molecule has 2 aromatic carbocycles. The van der Waals surface area contributed by atoms with Crippen LogP contribution in [0.4, 0.5) is 0 Å². The Balaban J connectivity index is 1.42. The Morgan fingerprint density at radius 3 is 2.88 bits per heavy atom. The van der Waals surface area contributed by atoms with Crippen LogP contribution in [0.2, 0.25) is 0 Å². The average molecular weight is 343 g/mol. The van der Waals surface area contributed by atoms with Crippen LogP contribution < -0.4 is 10.1 Å². The topological polar surface area (TPSA) is 77.2 Å². The van der Waals surface area contributed by atoms with Gasteiger partial charge in [0, 0.05) is 12.3 Å². The van der Waals surface area contributed by atoms with E-state index in [2.05, 4.69) is 15.5 Å². The summed E-state index contributed by atoms with van der Waals surface area (Å²) in [6, 6.07) is 14.0. The number of thioether (sulfide) groups is 1. The summed E-state index contributed by atoms with van der Waals surface area (Å²) < 4.78 is 11.0. The van der Waals surface area contributed by atoms with Crippen LogP contribution in [0, 0.1) is 6.92 Å². The Kier molecular flexibility index (Phi) is 5.32. The van der Waals surface area contributed by atoms with Crippen molar-refractivity contribution in [2.45, 2.75) is 12.1 Å². The third-order valence-corrected chi connectivity index (χ3v) is 4.08. The molecule has 0 bridgehead atoms. The predicted octanol–water partition coefficient (Wildman–Crippen LogP) is 2.82. The lowest BCUT2D eigenvalue weighted by molar-refractivity contribution is -0.118. The molecule has 0 saturated carbocycles. The van der Waals surface area contributed by atoms with Gasteiger partial charge < -0.3 is 14.5 Å². The Labute approximate surface area is 143 Å². The Hall–Kier alpha value is -2.54. The summed E-state index contributed by atoms with van der Waals surface area (Å²) in [5.74, 6) is 1.44. The van der Waals surface area contributed by atoms with Gasteiger partial charge >= 0.3 is 0 Å². The van der Waals surface area contributed by atoms with E-state index in [0.717, 1.165) is 16.5 Å². The lowest BCUT2D eigenvalue weighted by Crippen LogP contribution is -2.29. The van der Waals surface area contributed by atoms with Crippen molar-refractivity contribution in [1.82, 2.24) is 15.5 Å². The first-order chi connectivity index (χ1) is 11.7. The number of ether oxygens (including phenoxy) is 1. The zero-order valence-electron chi connectivity index (χ0n) is 13.2. The summed E-state index contributed by atoms with van der Waals surface area (Å²) in [6.45, 7) is 2.55. The number of carbonyl (C=O) groups excluding carboxylic acids is 1. The number of hydrogen-bond acceptors (Lipinski definition) is 6. The number of aromatic nitrogens is 2. The van der Waals surface area contributed by atoms with Gasteiger partial charge in [0.15, 0.2) is 0 Å². The van der Waals surface area contributed by atoms with Crippen LogP contribution in [0.5, 0.6) is 5.75 Å². The molecule has 0 fully saturated rings. The van der Waals surface area contributed by atoms with Crippen molar-refractivity contribution >= 4 is 28.4 Å². The fraction of sp³-hybridized carbons (Fsp3) is 0.235. The minimum atomic E-state index is -0.0997. The Morgan fingerprint density at radius 2 is 2.04 bits per heavy atom. The summed E-state index contributed by atoms with van der Waals surface area (Å²) in [5.41, 5.74) is 0. The van der Waals surface area contributed by atoms with Gasteiger partial charge in [-0.2, -0.15) is 0 Å². The van der Waals surface area contributed by atoms with Gasteiger partial charge in [-0.05, 0) is 11.5 Å². The van der Waals surface area contributed by atoms with Gasteiger partial charge in [0.25, 0.3) is 5.22 Å². The quantitative estimate of drug-likeness (QED) is 0.525. The standard InChI is InChI=1S/C17H17N3O3S/c1-12-19-20-17(23-12)24-11-16(21)18-9-10-22-15-8-4-6-13-5-2-3-7-14(13)15/h2-8H,9-11H2,1H3,(H,18,21). The lowest BCUT2D eigenvalue weighted by Gasteiger charge is -2.10. The fourth-order valence-corrected chi connectivity index (χ4v) is 2.82. The van der Waals surface area contributed by atoms with E-state index < -0.39 is 0 Å². The van der Waals surface area contributed by atoms with Crippen LogP contribution in [0.25, 0.3) is 10.8 Å². The van der Waals surface area contributed by atoms with E-state index in [1.165, 1.54) is 11.8 Å². The molecule has 0 aliphatic rings. The van der Waals surface area contributed by atoms with E-state index in [9.17, 15) is 4.79 Å². The first-order valence-electron chi connectivity index (χ1n) is 7.52. The van der Waals surface area contributed by atoms with Gasteiger partial charge in [-0.3, -0.25) is 4.79 Å². The minimum absolute atomic E-state index is 0.0997. The fourth-order valence-electron chi connectivity index (χ4n) is 2.19. The van der Waals surface area contributed by atoms with Crippen LogP contribution in [0.15, 0.2) is 52.1 Å². The van der Waals surface area contributed by atoms with Crippen LogP contribution in [-0.4, -0.2) is 35.0 Å². The van der Waals surface area contributed by atoms with E-state index in [-0.39, 0.29) is 11.7 Å². The van der Waals surface area contributed by atoms with Crippen LogP contribution in [0.3, 0.4) is 0 Å². The highest BCUT2D eigenvalue weighted by Gasteiger charge is 2.07. The van der Waals surface area contributed by atoms with E-state index in [1.807, 2.05) is 42.5 Å². The largest absolute Gasteiger partial charge is 0.491 e. The van der Waals surface area contributed by atoms with Gasteiger partial charge in [-0.15, -0.1) is 10.2 Å². The second-order valence-electron chi connectivity index (χ2n) is 5.05. The molecule has 6 nitrogen and oxygen atoms in total. The van der Waals surface area contributed by atoms with Crippen molar-refractivity contribution < 1.29 is 13.9 Å². The molecular formula is C17H17N3O3S. The molecule has 0 radical (unpaired) electrons. The van der Waals surface area contributed by atoms with Crippen molar-refractivity contribution in [2.24, 2.45) is 0 Å². The van der Waals surface area contributed by atoms with Crippen LogP contribution in [0.1, 0.15) is 5.89 Å². The SMILES string of the molecule is Cc1nnc(SCC(=O)NCCOc2cccc3ccccc23)o1. The zero-order chi connectivity index (χ0) is 16.8. The summed E-state index contributed by atoms with van der Waals surface area (Å²) in [4.78, 5) is 11.8. The third kappa shape index (κ3) is 4.26. The summed E-state index contributed by atoms with van der Waals surface area (Å²) in [7, 11) is 0. The second kappa shape index (κ2) is 7.83. The molecule has 1 N–H and O–H groups in total. The van der Waals surface area contributed by atoms with Crippen molar-refractivity contribution in [3.8, 4) is 5.75 Å². The smallest absolute Gasteiger partial charge is 0.277 e. The highest BCUT2D eigenvalue weighted by atomic mass is 32.2. The van der Waals surface area contributed by atoms with Crippen molar-refractivity contribution in [3.63, 3.8) is 0 Å². The number of nitrogens with one attached hydrogen (secondary N) is 1. The van der Waals surface area contributed by atoms with Crippen molar-refractivity contribution in [2.75, 3.05) is 18.9 Å². The van der Waals surface area contributed by atoms with E-state index in [0.29, 0.717) is 24.3 Å². The zero-order valence-corrected chi connectivity index (χ0v) is 14.0. The third-order valence-electron chi connectivity index (χ3n) is 3.27. The number of nitrogens with zero attached hydrogens (tertiary/aromatic N) is 2. The molecule has 3 aromatic rings. The second-order valence-corrected chi connectivity index (χ2v) is 5.98. The van der Waals surface area contributed by atoms with Gasteiger partial charge in [-0.25, -0.2) is 0 Å². The van der Waals surface area contributed by atoms with E-state index in [4.69, 9.17) is 9.15 Å². The van der Waals surface area contributed by atoms with Gasteiger partial charge in [-0.1, -0.05) is 48.2 Å². The number of hydrogen-bond donors (Lipinski definition) is 1. The number of rotatable bonds is 7. The first kappa shape index (κ1) is 16.3. The molecule has 1 heterocycles. The molecular weight excluding hydrogens is 326 g/mol. The predicted molar refractivity (Wildman–Crippen MR) is 92.2 cm³/mol. The minimum Gasteiger partial charge on any atom is -0.491 e.